The van der Waals surface area contributed by atoms with Crippen molar-refractivity contribution in [1.29, 1.82) is 0 Å². The quantitative estimate of drug-likeness (QED) is 0.799. The normalized spacial score (nSPS) is 9.87. The van der Waals surface area contributed by atoms with Gasteiger partial charge in [0, 0.05) is 0 Å². The van der Waals surface area contributed by atoms with Crippen LogP contribution in [-0.2, 0) is 25.5 Å². The lowest BCUT2D eigenvalue weighted by Crippen LogP contribution is -2.39. The van der Waals surface area contributed by atoms with Crippen LogP contribution in [0, 0.1) is 0 Å². The Labute approximate surface area is 134 Å². The first-order chi connectivity index (χ1) is 10.9. The van der Waals surface area contributed by atoms with Crippen molar-refractivity contribution in [2.24, 2.45) is 0 Å². The Morgan fingerprint density at radius 2 is 1.39 bits per heavy atom. The average Bonchev–Trinajstić information content (AvgIpc) is 2.51. The maximum Gasteiger partial charge on any atom is 0.424 e. The number of ether oxygens (including phenoxy) is 2. The minimum absolute atomic E-state index is 0.289. The van der Waals surface area contributed by atoms with Crippen LogP contribution in [0.5, 0.6) is 0 Å². The molecule has 0 radical (unpaired) electrons. The van der Waals surface area contributed by atoms with Crippen LogP contribution >= 0.6 is 0 Å². The second-order valence-electron chi connectivity index (χ2n) is 4.83. The lowest BCUT2D eigenvalue weighted by molar-refractivity contribution is -0.120. The van der Waals surface area contributed by atoms with Crippen molar-refractivity contribution in [1.82, 2.24) is 0 Å². The summed E-state index contributed by atoms with van der Waals surface area (Å²) in [6.45, 7) is 3.46. The molecule has 0 N–H and O–H groups in total. The van der Waals surface area contributed by atoms with Crippen molar-refractivity contribution < 1.29 is 28.7 Å². The van der Waals surface area contributed by atoms with E-state index in [-0.39, 0.29) is 17.3 Å². The highest BCUT2D eigenvalue weighted by molar-refractivity contribution is 6.10. The van der Waals surface area contributed by atoms with Crippen molar-refractivity contribution in [3.63, 3.8) is 0 Å². The van der Waals surface area contributed by atoms with Gasteiger partial charge in [-0.25, -0.2) is 9.59 Å². The van der Waals surface area contributed by atoms with E-state index < -0.39 is 25.4 Å². The number of benzene rings is 1. The monoisotopic (exact) mass is 321 g/mol. The third kappa shape index (κ3) is 5.54. The van der Waals surface area contributed by atoms with Gasteiger partial charge >= 0.3 is 12.2 Å². The van der Waals surface area contributed by atoms with E-state index in [9.17, 15) is 19.2 Å². The molecule has 1 rings (SSSR count). The summed E-state index contributed by atoms with van der Waals surface area (Å²) in [4.78, 5) is 46.9. The number of rotatable bonds is 6. The molecule has 1 aromatic carbocycles. The van der Waals surface area contributed by atoms with Gasteiger partial charge in [-0.05, 0) is 31.9 Å². The van der Waals surface area contributed by atoms with E-state index in [1.807, 2.05) is 6.92 Å². The fourth-order valence-corrected chi connectivity index (χ4v) is 1.76. The number of carbonyl (C=O) groups is 4. The molecule has 0 saturated heterocycles. The smallest absolute Gasteiger partial charge is 0.424 e. The van der Waals surface area contributed by atoms with Crippen molar-refractivity contribution in [3.05, 3.63) is 29.8 Å². The van der Waals surface area contributed by atoms with Crippen molar-refractivity contribution in [3.8, 4) is 0 Å². The molecule has 0 aliphatic carbocycles. The van der Waals surface area contributed by atoms with Gasteiger partial charge in [-0.15, -0.1) is 0 Å². The van der Waals surface area contributed by atoms with Crippen LogP contribution in [0.25, 0.3) is 0 Å². The SMILES string of the molecule is CCc1ccccc1N(C(=O)OCC(C)=O)C(=O)OCC(C)=O. The third-order valence-corrected chi connectivity index (χ3v) is 2.78. The molecule has 0 atom stereocenters. The standard InChI is InChI=1S/C16H19NO6/c1-4-13-7-5-6-8-14(13)17(15(20)22-9-11(2)18)16(21)23-10-12(3)19/h5-8H,4,9-10H2,1-3H3. The van der Waals surface area contributed by atoms with Gasteiger partial charge in [-0.1, -0.05) is 25.1 Å². The Bertz CT molecular complexity index is 580. The molecule has 0 bridgehead atoms. The summed E-state index contributed by atoms with van der Waals surface area (Å²) in [6.07, 6.45) is -1.50. The fourth-order valence-electron chi connectivity index (χ4n) is 1.76. The van der Waals surface area contributed by atoms with Gasteiger partial charge in [0.05, 0.1) is 5.69 Å². The molecule has 0 unspecified atom stereocenters. The third-order valence-electron chi connectivity index (χ3n) is 2.78. The first kappa shape index (κ1) is 18.3. The van der Waals surface area contributed by atoms with Gasteiger partial charge < -0.3 is 9.47 Å². The average molecular weight is 321 g/mol. The van der Waals surface area contributed by atoms with Gasteiger partial charge in [-0.2, -0.15) is 4.90 Å². The highest BCUT2D eigenvalue weighted by atomic mass is 16.6. The Kier molecular flexibility index (Phi) is 6.92. The van der Waals surface area contributed by atoms with Crippen LogP contribution in [0.2, 0.25) is 0 Å². The minimum Gasteiger partial charge on any atom is -0.441 e. The predicted molar refractivity (Wildman–Crippen MR) is 82.4 cm³/mol. The zero-order valence-electron chi connectivity index (χ0n) is 13.3. The maximum atomic E-state index is 12.2. The lowest BCUT2D eigenvalue weighted by Gasteiger charge is -2.21. The van der Waals surface area contributed by atoms with E-state index >= 15 is 0 Å². The zero-order chi connectivity index (χ0) is 17.4. The van der Waals surface area contributed by atoms with Gasteiger partial charge in [-0.3, -0.25) is 9.59 Å². The number of hydrogen-bond donors (Lipinski definition) is 0. The number of anilines is 1. The van der Waals surface area contributed by atoms with Crippen molar-refractivity contribution in [2.75, 3.05) is 18.1 Å². The maximum absolute atomic E-state index is 12.2. The molecule has 0 saturated carbocycles. The summed E-state index contributed by atoms with van der Waals surface area (Å²) in [7, 11) is 0. The number of Topliss-reactive ketones (excluding diaryl/α,β-unsaturated/α-hetero) is 2. The molecule has 0 aliphatic heterocycles. The van der Waals surface area contributed by atoms with Gasteiger partial charge in [0.15, 0.2) is 24.8 Å². The number of para-hydroxylation sites is 1. The van der Waals surface area contributed by atoms with E-state index in [2.05, 4.69) is 0 Å². The Balaban J connectivity index is 3.09. The van der Waals surface area contributed by atoms with Gasteiger partial charge in [0.2, 0.25) is 0 Å². The largest absolute Gasteiger partial charge is 0.441 e. The van der Waals surface area contributed by atoms with Crippen LogP contribution in [0.4, 0.5) is 15.3 Å². The predicted octanol–water partition coefficient (Wildman–Crippen LogP) is 2.51. The number of aryl methyl sites for hydroxylation is 1. The summed E-state index contributed by atoms with van der Waals surface area (Å²) < 4.78 is 9.60. The highest BCUT2D eigenvalue weighted by Gasteiger charge is 2.28. The lowest BCUT2D eigenvalue weighted by atomic mass is 10.1. The Morgan fingerprint density at radius 1 is 0.913 bits per heavy atom. The zero-order valence-corrected chi connectivity index (χ0v) is 13.3. The molecular formula is C16H19NO6. The molecule has 7 nitrogen and oxygen atoms in total. The molecule has 0 aromatic heterocycles. The van der Waals surface area contributed by atoms with Gasteiger partial charge in [0.25, 0.3) is 0 Å². The number of hydrogen-bond acceptors (Lipinski definition) is 6. The second-order valence-corrected chi connectivity index (χ2v) is 4.83. The summed E-state index contributed by atoms with van der Waals surface area (Å²) in [5, 5.41) is 0. The van der Waals surface area contributed by atoms with E-state index in [1.54, 1.807) is 24.3 Å². The van der Waals surface area contributed by atoms with Crippen LogP contribution in [0.1, 0.15) is 26.3 Å². The molecule has 0 fully saturated rings. The van der Waals surface area contributed by atoms with Crippen LogP contribution in [0.15, 0.2) is 24.3 Å². The molecule has 124 valence electrons. The van der Waals surface area contributed by atoms with Crippen molar-refractivity contribution >= 4 is 29.4 Å². The summed E-state index contributed by atoms with van der Waals surface area (Å²) >= 11 is 0. The highest BCUT2D eigenvalue weighted by Crippen LogP contribution is 2.22. The number of ketones is 2. The van der Waals surface area contributed by atoms with Crippen molar-refractivity contribution in [2.45, 2.75) is 27.2 Å². The summed E-state index contributed by atoms with van der Waals surface area (Å²) in [5.41, 5.74) is 1.00. The fraction of sp³-hybridized carbons (Fsp3) is 0.375. The molecule has 7 heteroatoms. The van der Waals surface area contributed by atoms with E-state index in [0.717, 1.165) is 0 Å². The second kappa shape index (κ2) is 8.67. The Morgan fingerprint density at radius 3 is 1.83 bits per heavy atom. The summed E-state index contributed by atoms with van der Waals surface area (Å²) in [5.74, 6) is -0.724. The number of imide groups is 1. The minimum atomic E-state index is -1.03. The Hall–Kier alpha value is -2.70. The first-order valence-corrected chi connectivity index (χ1v) is 7.07. The van der Waals surface area contributed by atoms with E-state index in [0.29, 0.717) is 16.9 Å². The molecule has 2 amide bonds. The van der Waals surface area contributed by atoms with E-state index in [1.165, 1.54) is 13.8 Å². The molecule has 23 heavy (non-hydrogen) atoms. The van der Waals surface area contributed by atoms with Crippen LogP contribution < -0.4 is 4.90 Å². The molecule has 0 aliphatic rings. The molecular weight excluding hydrogens is 302 g/mol. The van der Waals surface area contributed by atoms with E-state index in [4.69, 9.17) is 9.47 Å². The topological polar surface area (TPSA) is 90.0 Å². The molecule has 1 aromatic rings. The number of amides is 2. The first-order valence-electron chi connectivity index (χ1n) is 7.07. The summed E-state index contributed by atoms with van der Waals surface area (Å²) in [6, 6.07) is 6.72. The van der Waals surface area contributed by atoms with Gasteiger partial charge in [0.1, 0.15) is 0 Å². The molecule has 0 spiro atoms. The van der Waals surface area contributed by atoms with Crippen LogP contribution in [-0.4, -0.2) is 37.0 Å². The number of carbonyl (C=O) groups excluding carboxylic acids is 4. The van der Waals surface area contributed by atoms with Crippen LogP contribution in [0.3, 0.4) is 0 Å². The number of nitrogens with zero attached hydrogens (tertiary/aromatic N) is 1. The molecule has 0 heterocycles.